The number of carbonyl (C=O) groups excluding carboxylic acids is 1. The van der Waals surface area contributed by atoms with Crippen LogP contribution in [0, 0.1) is 6.92 Å². The van der Waals surface area contributed by atoms with Crippen LogP contribution in [0.2, 0.25) is 0 Å². The lowest BCUT2D eigenvalue weighted by molar-refractivity contribution is 0.00362. The lowest BCUT2D eigenvalue weighted by Gasteiger charge is -2.33. The van der Waals surface area contributed by atoms with Crippen LogP contribution in [0.25, 0.3) is 0 Å². The number of nitrogens with one attached hydrogen (secondary N) is 1. The number of amides is 1. The van der Waals surface area contributed by atoms with Crippen LogP contribution < -0.4 is 5.32 Å². The molecule has 1 saturated heterocycles. The van der Waals surface area contributed by atoms with Gasteiger partial charge in [0.25, 0.3) is 5.91 Å². The first kappa shape index (κ1) is 13.8. The predicted molar refractivity (Wildman–Crippen MR) is 74.5 cm³/mol. The van der Waals surface area contributed by atoms with Crippen molar-refractivity contribution >= 4 is 11.6 Å². The number of nitrogens with zero attached hydrogens (tertiary/aromatic N) is 2. The van der Waals surface area contributed by atoms with Crippen LogP contribution >= 0.6 is 0 Å². The summed E-state index contributed by atoms with van der Waals surface area (Å²) < 4.78 is 5.37. The molecule has 5 nitrogen and oxygen atoms in total. The number of ether oxygens (including phenoxy) is 1. The van der Waals surface area contributed by atoms with Crippen LogP contribution in [0.3, 0.4) is 0 Å². The summed E-state index contributed by atoms with van der Waals surface area (Å²) in [5.41, 5.74) is 2.41. The molecule has 0 radical (unpaired) electrons. The third-order valence-electron chi connectivity index (χ3n) is 3.27. The molecule has 0 saturated carbocycles. The van der Waals surface area contributed by atoms with E-state index in [1.54, 1.807) is 6.20 Å². The van der Waals surface area contributed by atoms with E-state index < -0.39 is 0 Å². The van der Waals surface area contributed by atoms with Gasteiger partial charge in [0.1, 0.15) is 0 Å². The highest BCUT2D eigenvalue weighted by molar-refractivity contribution is 5.99. The Hall–Kier alpha value is -1.62. The number of carbonyl (C=O) groups is 1. The SMILES string of the molecule is CCNc1cc(C)ncc1C(=O)N1CCOCC1C. The third-order valence-corrected chi connectivity index (χ3v) is 3.27. The quantitative estimate of drug-likeness (QED) is 0.901. The number of pyridine rings is 1. The Morgan fingerprint density at radius 2 is 2.42 bits per heavy atom. The Morgan fingerprint density at radius 1 is 1.63 bits per heavy atom. The molecule has 104 valence electrons. The van der Waals surface area contributed by atoms with Gasteiger partial charge in [-0.15, -0.1) is 0 Å². The molecule has 0 aromatic carbocycles. The van der Waals surface area contributed by atoms with Crippen LogP contribution in [-0.2, 0) is 4.74 Å². The second kappa shape index (κ2) is 6.02. The summed E-state index contributed by atoms with van der Waals surface area (Å²) in [6.07, 6.45) is 1.66. The normalized spacial score (nSPS) is 19.3. The van der Waals surface area contributed by atoms with Crippen molar-refractivity contribution in [3.05, 3.63) is 23.5 Å². The van der Waals surface area contributed by atoms with Crippen molar-refractivity contribution in [2.75, 3.05) is 31.6 Å². The third kappa shape index (κ3) is 3.04. The van der Waals surface area contributed by atoms with E-state index in [1.807, 2.05) is 31.7 Å². The maximum absolute atomic E-state index is 12.6. The maximum Gasteiger partial charge on any atom is 0.257 e. The topological polar surface area (TPSA) is 54.5 Å². The van der Waals surface area contributed by atoms with E-state index in [0.717, 1.165) is 17.9 Å². The lowest BCUT2D eigenvalue weighted by Crippen LogP contribution is -2.47. The Bertz CT molecular complexity index is 462. The number of hydrogen-bond acceptors (Lipinski definition) is 4. The van der Waals surface area contributed by atoms with Crippen LogP contribution in [0.4, 0.5) is 5.69 Å². The first-order valence-electron chi connectivity index (χ1n) is 6.72. The number of aromatic nitrogens is 1. The Kier molecular flexibility index (Phi) is 4.37. The molecular formula is C14H21N3O2. The van der Waals surface area contributed by atoms with Crippen LogP contribution in [0.5, 0.6) is 0 Å². The summed E-state index contributed by atoms with van der Waals surface area (Å²) in [5, 5.41) is 3.23. The average molecular weight is 263 g/mol. The van der Waals surface area contributed by atoms with Gasteiger partial charge in [-0.3, -0.25) is 9.78 Å². The summed E-state index contributed by atoms with van der Waals surface area (Å²) in [7, 11) is 0. The minimum Gasteiger partial charge on any atom is -0.385 e. The summed E-state index contributed by atoms with van der Waals surface area (Å²) in [5.74, 6) is 0.0271. The van der Waals surface area contributed by atoms with Crippen LogP contribution in [-0.4, -0.2) is 48.1 Å². The highest BCUT2D eigenvalue weighted by Gasteiger charge is 2.26. The number of hydrogen-bond donors (Lipinski definition) is 1. The van der Waals surface area contributed by atoms with Gasteiger partial charge in [-0.1, -0.05) is 0 Å². The van der Waals surface area contributed by atoms with E-state index >= 15 is 0 Å². The van der Waals surface area contributed by atoms with Crippen LogP contribution in [0.15, 0.2) is 12.3 Å². The van der Waals surface area contributed by atoms with E-state index in [1.165, 1.54) is 0 Å². The molecule has 1 fully saturated rings. The van der Waals surface area contributed by atoms with Crippen molar-refractivity contribution in [1.29, 1.82) is 0 Å². The smallest absolute Gasteiger partial charge is 0.257 e. The van der Waals surface area contributed by atoms with Crippen molar-refractivity contribution in [1.82, 2.24) is 9.88 Å². The molecule has 1 N–H and O–H groups in total. The first-order valence-corrected chi connectivity index (χ1v) is 6.72. The molecule has 0 aliphatic carbocycles. The standard InChI is InChI=1S/C14H21N3O2/c1-4-15-13-7-10(2)16-8-12(13)14(18)17-5-6-19-9-11(17)3/h7-8,11H,4-6,9H2,1-3H3,(H,15,16). The fraction of sp³-hybridized carbons (Fsp3) is 0.571. The molecule has 2 heterocycles. The van der Waals surface area contributed by atoms with Gasteiger partial charge in [0.05, 0.1) is 30.5 Å². The number of morpholine rings is 1. The second-order valence-corrected chi connectivity index (χ2v) is 4.82. The van der Waals surface area contributed by atoms with Gasteiger partial charge in [0.15, 0.2) is 0 Å². The Morgan fingerprint density at radius 3 is 3.11 bits per heavy atom. The minimum absolute atomic E-state index is 0.0271. The number of anilines is 1. The van der Waals surface area contributed by atoms with Crippen molar-refractivity contribution in [2.45, 2.75) is 26.8 Å². The van der Waals surface area contributed by atoms with Crippen molar-refractivity contribution < 1.29 is 9.53 Å². The van der Waals surface area contributed by atoms with E-state index in [2.05, 4.69) is 10.3 Å². The molecule has 1 amide bonds. The molecule has 1 aromatic rings. The fourth-order valence-electron chi connectivity index (χ4n) is 2.25. The zero-order chi connectivity index (χ0) is 13.8. The molecule has 1 atom stereocenters. The number of aryl methyl sites for hydroxylation is 1. The molecular weight excluding hydrogens is 242 g/mol. The molecule has 1 unspecified atom stereocenters. The Labute approximate surface area is 114 Å². The van der Waals surface area contributed by atoms with E-state index in [9.17, 15) is 4.79 Å². The lowest BCUT2D eigenvalue weighted by atomic mass is 10.1. The average Bonchev–Trinajstić information content (AvgIpc) is 2.39. The molecule has 1 aliphatic rings. The van der Waals surface area contributed by atoms with Gasteiger partial charge < -0.3 is 15.0 Å². The fourth-order valence-corrected chi connectivity index (χ4v) is 2.25. The summed E-state index contributed by atoms with van der Waals surface area (Å²) >= 11 is 0. The van der Waals surface area contributed by atoms with Crippen molar-refractivity contribution in [3.63, 3.8) is 0 Å². The van der Waals surface area contributed by atoms with Gasteiger partial charge in [-0.25, -0.2) is 0 Å². The largest absolute Gasteiger partial charge is 0.385 e. The van der Waals surface area contributed by atoms with Gasteiger partial charge in [0.2, 0.25) is 0 Å². The summed E-state index contributed by atoms with van der Waals surface area (Å²) in [4.78, 5) is 18.7. The predicted octanol–water partition coefficient (Wildman–Crippen LogP) is 1.68. The van der Waals surface area contributed by atoms with Gasteiger partial charge in [-0.05, 0) is 26.8 Å². The van der Waals surface area contributed by atoms with Gasteiger partial charge in [-0.2, -0.15) is 0 Å². The number of rotatable bonds is 3. The Balaban J connectivity index is 2.27. The van der Waals surface area contributed by atoms with Crippen molar-refractivity contribution in [2.24, 2.45) is 0 Å². The molecule has 1 aliphatic heterocycles. The van der Waals surface area contributed by atoms with Crippen LogP contribution in [0.1, 0.15) is 29.9 Å². The zero-order valence-corrected chi connectivity index (χ0v) is 11.8. The van der Waals surface area contributed by atoms with Gasteiger partial charge in [0, 0.05) is 25.0 Å². The highest BCUT2D eigenvalue weighted by atomic mass is 16.5. The molecule has 1 aromatic heterocycles. The monoisotopic (exact) mass is 263 g/mol. The molecule has 19 heavy (non-hydrogen) atoms. The second-order valence-electron chi connectivity index (χ2n) is 4.82. The van der Waals surface area contributed by atoms with E-state index in [0.29, 0.717) is 25.3 Å². The highest BCUT2D eigenvalue weighted by Crippen LogP contribution is 2.20. The molecule has 0 spiro atoms. The van der Waals surface area contributed by atoms with E-state index in [-0.39, 0.29) is 11.9 Å². The van der Waals surface area contributed by atoms with Crippen molar-refractivity contribution in [3.8, 4) is 0 Å². The van der Waals surface area contributed by atoms with E-state index in [4.69, 9.17) is 4.74 Å². The first-order chi connectivity index (χ1) is 9.13. The summed E-state index contributed by atoms with van der Waals surface area (Å²) in [6.45, 7) is 8.56. The molecule has 0 bridgehead atoms. The molecule has 2 rings (SSSR count). The maximum atomic E-state index is 12.6. The summed E-state index contributed by atoms with van der Waals surface area (Å²) in [6, 6.07) is 2.03. The van der Waals surface area contributed by atoms with Gasteiger partial charge >= 0.3 is 0 Å². The zero-order valence-electron chi connectivity index (χ0n) is 11.8. The molecule has 5 heteroatoms. The minimum atomic E-state index is 0.0271.